The van der Waals surface area contributed by atoms with Gasteiger partial charge in [-0.15, -0.1) is 0 Å². The van der Waals surface area contributed by atoms with Gasteiger partial charge < -0.3 is 9.29 Å². The van der Waals surface area contributed by atoms with Crippen LogP contribution in [0.3, 0.4) is 0 Å². The molecule has 2 aliphatic rings. The van der Waals surface area contributed by atoms with Gasteiger partial charge in [-0.25, -0.2) is 9.18 Å². The Bertz CT molecular complexity index is 736. The van der Waals surface area contributed by atoms with Crippen LogP contribution in [0, 0.1) is 5.82 Å². The van der Waals surface area contributed by atoms with E-state index in [1.165, 1.54) is 17.5 Å². The Morgan fingerprint density at radius 2 is 2.26 bits per heavy atom. The Hall–Kier alpha value is -1.21. The predicted molar refractivity (Wildman–Crippen MR) is 88.0 cm³/mol. The number of halogens is 3. The van der Waals surface area contributed by atoms with Crippen molar-refractivity contribution in [2.75, 3.05) is 11.5 Å². The van der Waals surface area contributed by atoms with Crippen LogP contribution in [0.2, 0.25) is 0 Å². The van der Waals surface area contributed by atoms with Crippen LogP contribution in [-0.4, -0.2) is 17.1 Å². The van der Waals surface area contributed by atoms with E-state index >= 15 is 0 Å². The number of ether oxygens (including phenoxy) is 1. The molecule has 0 saturated carbocycles. The first-order valence-electron chi connectivity index (χ1n) is 6.83. The number of esters is 1. The van der Waals surface area contributed by atoms with E-state index in [0.717, 1.165) is 0 Å². The third kappa shape index (κ3) is 2.85. The van der Waals surface area contributed by atoms with Gasteiger partial charge in [0.05, 0.1) is 18.5 Å². The van der Waals surface area contributed by atoms with Crippen LogP contribution in [0.5, 0.6) is 0 Å². The highest BCUT2D eigenvalue weighted by Gasteiger charge is 2.39. The Balaban J connectivity index is 2.12. The monoisotopic (exact) mass is 375 g/mol. The predicted octanol–water partition coefficient (Wildman–Crippen LogP) is 3.67. The number of anilines is 1. The summed E-state index contributed by atoms with van der Waals surface area (Å²) < 4.78 is 31.4. The van der Waals surface area contributed by atoms with Gasteiger partial charge in [0.25, 0.3) is 0 Å². The van der Waals surface area contributed by atoms with E-state index in [0.29, 0.717) is 16.3 Å². The maximum Gasteiger partial charge on any atom is 0.341 e. The second kappa shape index (κ2) is 6.36. The molecule has 0 bridgehead atoms. The summed E-state index contributed by atoms with van der Waals surface area (Å²) in [7, 11) is 0. The number of alkyl halides is 2. The van der Waals surface area contributed by atoms with Crippen LogP contribution in [0.1, 0.15) is 22.9 Å². The lowest BCUT2D eigenvalue weighted by Crippen LogP contribution is -2.28. The summed E-state index contributed by atoms with van der Waals surface area (Å²) >= 11 is 10.1. The molecule has 23 heavy (non-hydrogen) atoms. The van der Waals surface area contributed by atoms with Gasteiger partial charge in [0.2, 0.25) is 5.03 Å². The molecule has 2 aliphatic heterocycles. The highest BCUT2D eigenvalue weighted by molar-refractivity contribution is 7.98. The van der Waals surface area contributed by atoms with Crippen molar-refractivity contribution in [3.8, 4) is 0 Å². The second-order valence-electron chi connectivity index (χ2n) is 4.94. The van der Waals surface area contributed by atoms with E-state index in [1.807, 2.05) is 0 Å². The number of hydrogen-bond acceptors (Lipinski definition) is 4. The second-order valence-corrected chi connectivity index (χ2v) is 7.29. The zero-order valence-electron chi connectivity index (χ0n) is 12.0. The topological polar surface area (TPSA) is 52.6 Å². The van der Waals surface area contributed by atoms with Crippen molar-refractivity contribution in [2.24, 2.45) is 0 Å². The highest BCUT2D eigenvalue weighted by Crippen LogP contribution is 2.42. The summed E-state index contributed by atoms with van der Waals surface area (Å²) in [6, 6.07) is 2.82. The zero-order chi connectivity index (χ0) is 16.7. The minimum absolute atomic E-state index is 0.136. The molecule has 3 rings (SSSR count). The molecule has 0 spiro atoms. The largest absolute Gasteiger partial charge is 0.606 e. The third-order valence-corrected chi connectivity index (χ3v) is 5.25. The molecule has 122 valence electrons. The molecule has 0 amide bonds. The minimum Gasteiger partial charge on any atom is -0.606 e. The van der Waals surface area contributed by atoms with Gasteiger partial charge in [0.1, 0.15) is 21.6 Å². The molecule has 0 aromatic heterocycles. The number of fused-ring (bicyclic) bond motifs is 3. The average Bonchev–Trinajstić information content (AvgIpc) is 2.88. The molecule has 1 aromatic carbocycles. The van der Waals surface area contributed by atoms with Crippen molar-refractivity contribution in [2.45, 2.75) is 18.2 Å². The Labute approximate surface area is 145 Å². The lowest BCUT2D eigenvalue weighted by molar-refractivity contribution is -0.138. The van der Waals surface area contributed by atoms with Gasteiger partial charge in [-0.2, -0.15) is 0 Å². The maximum atomic E-state index is 14.1. The van der Waals surface area contributed by atoms with E-state index in [4.69, 9.17) is 27.9 Å². The van der Waals surface area contributed by atoms with E-state index in [-0.39, 0.29) is 24.2 Å². The number of hydrogen-bond donors (Lipinski definition) is 0. The van der Waals surface area contributed by atoms with Gasteiger partial charge in [0.15, 0.2) is 0 Å². The van der Waals surface area contributed by atoms with Crippen LogP contribution in [-0.2, 0) is 27.1 Å². The fourth-order valence-electron chi connectivity index (χ4n) is 2.60. The van der Waals surface area contributed by atoms with Gasteiger partial charge in [0, 0.05) is 23.2 Å². The van der Waals surface area contributed by atoms with Gasteiger partial charge >= 0.3 is 5.97 Å². The minimum atomic E-state index is -1.46. The number of carbonyl (C=O) groups is 1. The van der Waals surface area contributed by atoms with Crippen molar-refractivity contribution in [1.82, 2.24) is 0 Å². The first-order valence-corrected chi connectivity index (χ1v) is 8.91. The Morgan fingerprint density at radius 1 is 1.52 bits per heavy atom. The molecule has 0 aliphatic carbocycles. The number of benzene rings is 1. The zero-order valence-corrected chi connectivity index (χ0v) is 14.3. The molecule has 2 heterocycles. The van der Waals surface area contributed by atoms with E-state index in [1.54, 1.807) is 18.0 Å². The summed E-state index contributed by atoms with van der Waals surface area (Å²) in [5, 5.41) is 1.81. The number of rotatable bonds is 3. The summed E-state index contributed by atoms with van der Waals surface area (Å²) in [4.78, 5) is 12.7. The van der Waals surface area contributed by atoms with Gasteiger partial charge in [-0.3, -0.25) is 4.90 Å². The summed E-state index contributed by atoms with van der Waals surface area (Å²) in [5.41, 5.74) is 1.59. The van der Waals surface area contributed by atoms with Crippen LogP contribution >= 0.6 is 23.2 Å². The highest BCUT2D eigenvalue weighted by atomic mass is 35.5. The van der Waals surface area contributed by atoms with Gasteiger partial charge in [-0.1, -0.05) is 23.2 Å². The van der Waals surface area contributed by atoms with Crippen molar-refractivity contribution in [3.05, 3.63) is 51.3 Å². The van der Waals surface area contributed by atoms with E-state index < -0.39 is 27.8 Å². The van der Waals surface area contributed by atoms with Gasteiger partial charge in [-0.05, 0) is 24.6 Å². The fraction of sp³-hybridized carbons (Fsp3) is 0.267. The molecule has 0 saturated heterocycles. The maximum absolute atomic E-state index is 14.1. The average molecular weight is 376 g/mol. The molecule has 8 heteroatoms. The Morgan fingerprint density at radius 3 is 2.91 bits per heavy atom. The van der Waals surface area contributed by atoms with Crippen LogP contribution in [0.15, 0.2) is 34.3 Å². The van der Waals surface area contributed by atoms with Crippen molar-refractivity contribution in [3.63, 3.8) is 0 Å². The smallest absolute Gasteiger partial charge is 0.341 e. The molecular formula is C15H12Cl2FNO3S. The van der Waals surface area contributed by atoms with Crippen LogP contribution in [0.4, 0.5) is 10.1 Å². The number of nitrogens with zero attached hydrogens (tertiary/aromatic N) is 1. The molecule has 4 nitrogen and oxygen atoms in total. The van der Waals surface area contributed by atoms with E-state index in [2.05, 4.69) is 0 Å². The summed E-state index contributed by atoms with van der Waals surface area (Å²) in [6.07, 6.45) is 1.72. The quantitative estimate of drug-likeness (QED) is 0.459. The fourth-order valence-corrected chi connectivity index (χ4v) is 4.04. The molecular weight excluding hydrogens is 364 g/mol. The summed E-state index contributed by atoms with van der Waals surface area (Å²) in [6.45, 7) is 1.89. The lowest BCUT2D eigenvalue weighted by Gasteiger charge is -2.27. The molecule has 0 N–H and O–H groups in total. The Kier molecular flexibility index (Phi) is 4.60. The molecule has 1 unspecified atom stereocenters. The SMILES string of the molecule is CCOC(=O)C1=C2N(C=C[S+]2[O-])c2cc(C(Cl)Cl)c(F)cc2C1. The van der Waals surface area contributed by atoms with E-state index in [9.17, 15) is 13.7 Å². The molecule has 1 aromatic rings. The first kappa shape index (κ1) is 16.6. The lowest BCUT2D eigenvalue weighted by atomic mass is 9.97. The first-order chi connectivity index (χ1) is 10.9. The normalized spacial score (nSPS) is 19.2. The van der Waals surface area contributed by atoms with Crippen molar-refractivity contribution in [1.29, 1.82) is 0 Å². The molecule has 1 atom stereocenters. The molecule has 0 radical (unpaired) electrons. The van der Waals surface area contributed by atoms with Crippen LogP contribution < -0.4 is 4.90 Å². The third-order valence-electron chi connectivity index (χ3n) is 3.58. The molecule has 0 fully saturated rings. The summed E-state index contributed by atoms with van der Waals surface area (Å²) in [5.74, 6) is -1.10. The van der Waals surface area contributed by atoms with Crippen LogP contribution in [0.25, 0.3) is 0 Å². The van der Waals surface area contributed by atoms with Crippen molar-refractivity contribution >= 4 is 46.0 Å². The number of carbonyl (C=O) groups excluding carboxylic acids is 1. The van der Waals surface area contributed by atoms with Crippen molar-refractivity contribution < 1.29 is 18.5 Å². The standard InChI is InChI=1S/C15H12Cl2FNO3S/c1-2-22-15(20)10-5-8-6-11(18)9(13(16)17)7-12(8)19-3-4-23(21)14(10)19/h3-4,6-7,13H,2,5H2,1H3.